The Balaban J connectivity index is -0.0000000855. The molecule has 0 saturated heterocycles. The number of nitrogens with zero attached hydrogens (tertiary/aromatic N) is 1. The number of para-hydroxylation sites is 1. The molecule has 2 aromatic rings. The number of aromatic nitrogens is 1. The molecule has 0 N–H and O–H groups in total. The van der Waals surface area contributed by atoms with E-state index in [9.17, 15) is 0 Å². The fraction of sp³-hybridized carbons (Fsp3) is 0.267. The molecule has 0 bridgehead atoms. The van der Waals surface area contributed by atoms with Crippen molar-refractivity contribution in [2.24, 2.45) is 0 Å². The Kier molecular flexibility index (Phi) is 43.2. The summed E-state index contributed by atoms with van der Waals surface area (Å²) < 4.78 is 29.6. The number of benzene rings is 1. The number of rotatable bonds is 2. The Morgan fingerprint density at radius 1 is 1.13 bits per heavy atom. The topological polar surface area (TPSA) is 73.9 Å². The Morgan fingerprint density at radius 2 is 1.61 bits per heavy atom. The van der Waals surface area contributed by atoms with Gasteiger partial charge >= 0.3 is 51.0 Å². The van der Waals surface area contributed by atoms with Crippen LogP contribution in [0.1, 0.15) is 0 Å². The summed E-state index contributed by atoms with van der Waals surface area (Å²) in [5.41, 5.74) is 1.10. The predicted molar refractivity (Wildman–Crippen MR) is 79.0 cm³/mol. The molecular formula is C15H16CrCuNO4S. The van der Waals surface area contributed by atoms with Crippen molar-refractivity contribution in [1.29, 1.82) is 0 Å². The van der Waals surface area contributed by atoms with Crippen molar-refractivity contribution in [2.45, 2.75) is 6.73 Å². The molecule has 1 aromatic heterocycles. The number of methoxy groups -OCH3 is 1. The number of fused-ring (bicyclic) bond motifs is 1. The fourth-order valence-electron chi connectivity index (χ4n) is 1.32. The molecule has 0 aliphatic carbocycles. The maximum Gasteiger partial charge on any atom is 1.00 e. The summed E-state index contributed by atoms with van der Waals surface area (Å²) in [6.45, 7) is 14.1. The normalized spacial score (nSPS) is 6.65. The smallest absolute Gasteiger partial charge is 0 e. The van der Waals surface area contributed by atoms with Crippen molar-refractivity contribution in [3.63, 3.8) is 0 Å². The molecule has 0 radical (unpaired) electrons. The molecule has 1 heterocycles. The van der Waals surface area contributed by atoms with E-state index in [0.29, 0.717) is 6.73 Å². The SMILES string of the molecule is COCn1ccc2ccc[c-]c21.CSC.[C-]#[O+].[C-]#[O+].[C-]#[O+].[Cr].[Cu+]. The molecule has 5 nitrogen and oxygen atoms in total. The van der Waals surface area contributed by atoms with Crippen molar-refractivity contribution in [2.75, 3.05) is 19.6 Å². The predicted octanol–water partition coefficient (Wildman–Crippen LogP) is 2.91. The zero-order valence-electron chi connectivity index (χ0n) is 12.8. The van der Waals surface area contributed by atoms with Crippen LogP contribution in [0.15, 0.2) is 30.5 Å². The molecule has 0 amide bonds. The van der Waals surface area contributed by atoms with Gasteiger partial charge in [0.2, 0.25) is 0 Å². The van der Waals surface area contributed by atoms with E-state index in [1.54, 1.807) is 18.9 Å². The number of hydrogen-bond acceptors (Lipinski definition) is 2. The van der Waals surface area contributed by atoms with E-state index in [1.807, 2.05) is 35.4 Å². The van der Waals surface area contributed by atoms with Gasteiger partial charge in [0.05, 0.1) is 0 Å². The molecule has 1 aromatic carbocycles. The summed E-state index contributed by atoms with van der Waals surface area (Å²) in [5.74, 6) is 0. The Morgan fingerprint density at radius 3 is 2.04 bits per heavy atom. The standard InChI is InChI=1S/C10H10NO.C2H6S.3CO.Cr.Cu/c1-12-8-11-7-6-9-4-2-3-5-10(9)11;1-3-2;3*1-2;;/h2-4,6-7H,8H2,1H3;1-2H3;;;;;/q-1;;;;;;+1. The van der Waals surface area contributed by atoms with Crippen molar-refractivity contribution in [3.8, 4) is 0 Å². The van der Waals surface area contributed by atoms with Gasteiger partial charge in [-0.2, -0.15) is 36.0 Å². The first kappa shape index (κ1) is 33.8. The first-order chi connectivity index (χ1) is 10.3. The summed E-state index contributed by atoms with van der Waals surface area (Å²) in [6.07, 6.45) is 6.09. The van der Waals surface area contributed by atoms with Gasteiger partial charge in [0.15, 0.2) is 0 Å². The van der Waals surface area contributed by atoms with Crippen LogP contribution in [0, 0.1) is 26.0 Å². The van der Waals surface area contributed by atoms with E-state index >= 15 is 0 Å². The molecule has 2 rings (SSSR count). The summed E-state index contributed by atoms with van der Waals surface area (Å²) in [5, 5.41) is 1.20. The molecule has 0 atom stereocenters. The van der Waals surface area contributed by atoms with E-state index in [4.69, 9.17) is 18.7 Å². The van der Waals surface area contributed by atoms with Crippen molar-refractivity contribution >= 4 is 22.7 Å². The Bertz CT molecular complexity index is 514. The van der Waals surface area contributed by atoms with Gasteiger partial charge < -0.3 is 9.30 Å². The summed E-state index contributed by atoms with van der Waals surface area (Å²) in [4.78, 5) is 0. The Hall–Kier alpha value is -0.658. The van der Waals surface area contributed by atoms with E-state index in [0.717, 1.165) is 5.52 Å². The third-order valence-corrected chi connectivity index (χ3v) is 1.85. The third-order valence-electron chi connectivity index (χ3n) is 1.85. The van der Waals surface area contributed by atoms with Crippen molar-refractivity contribution in [1.82, 2.24) is 4.57 Å². The van der Waals surface area contributed by atoms with Gasteiger partial charge in [-0.05, 0) is 18.7 Å². The molecule has 0 aliphatic rings. The first-order valence-corrected chi connectivity index (χ1v) is 6.92. The average Bonchev–Trinajstić information content (AvgIpc) is 2.98. The van der Waals surface area contributed by atoms with Crippen molar-refractivity contribution < 1.29 is 53.1 Å². The maximum atomic E-state index is 7.50. The van der Waals surface area contributed by atoms with Gasteiger partial charge in [-0.1, -0.05) is 11.6 Å². The monoisotopic (exact) mass is 421 g/mol. The molecule has 8 heteroatoms. The van der Waals surface area contributed by atoms with E-state index < -0.39 is 0 Å². The second-order valence-corrected chi connectivity index (χ2v) is 3.90. The molecular weight excluding hydrogens is 406 g/mol. The van der Waals surface area contributed by atoms with Crippen molar-refractivity contribution in [3.05, 3.63) is 56.5 Å². The van der Waals surface area contributed by atoms with Gasteiger partial charge in [-0.25, -0.2) is 0 Å². The molecule has 0 unspecified atom stereocenters. The number of ether oxygens (including phenoxy) is 1. The van der Waals surface area contributed by atoms with E-state index in [-0.39, 0.29) is 34.4 Å². The van der Waals surface area contributed by atoms with Crippen LogP contribution in [0.25, 0.3) is 10.9 Å². The quantitative estimate of drug-likeness (QED) is 0.425. The van der Waals surface area contributed by atoms with Crippen LogP contribution >= 0.6 is 11.8 Å². The number of thioether (sulfide) groups is 1. The minimum atomic E-state index is 0. The van der Waals surface area contributed by atoms with Crippen LogP contribution in [0.2, 0.25) is 0 Å². The molecule has 23 heavy (non-hydrogen) atoms. The van der Waals surface area contributed by atoms with E-state index in [1.165, 1.54) is 5.39 Å². The molecule has 0 spiro atoms. The maximum absolute atomic E-state index is 7.50. The molecule has 0 aliphatic heterocycles. The zero-order valence-corrected chi connectivity index (χ0v) is 15.8. The van der Waals surface area contributed by atoms with Gasteiger partial charge in [0.25, 0.3) is 0 Å². The van der Waals surface area contributed by atoms with Gasteiger partial charge in [-0.15, -0.1) is 5.39 Å². The van der Waals surface area contributed by atoms with Crippen LogP contribution in [-0.2, 0) is 59.9 Å². The molecule has 128 valence electrons. The van der Waals surface area contributed by atoms with Gasteiger partial charge in [0, 0.05) is 24.5 Å². The third kappa shape index (κ3) is 16.0. The van der Waals surface area contributed by atoms with Crippen LogP contribution in [0.3, 0.4) is 0 Å². The van der Waals surface area contributed by atoms with Crippen LogP contribution in [0.4, 0.5) is 0 Å². The molecule has 0 saturated carbocycles. The number of hydrogen-bond donors (Lipinski definition) is 0. The second-order valence-electron chi connectivity index (χ2n) is 3.09. The van der Waals surface area contributed by atoms with Crippen LogP contribution in [0.5, 0.6) is 0 Å². The zero-order chi connectivity index (χ0) is 17.1. The summed E-state index contributed by atoms with van der Waals surface area (Å²) >= 11 is 1.75. The van der Waals surface area contributed by atoms with Crippen LogP contribution < -0.4 is 0 Å². The van der Waals surface area contributed by atoms with Crippen LogP contribution in [-0.4, -0.2) is 24.2 Å². The van der Waals surface area contributed by atoms with Gasteiger partial charge in [-0.3, -0.25) is 0 Å². The molecule has 0 fully saturated rings. The second kappa shape index (κ2) is 29.4. The largest absolute Gasteiger partial charge is 1.00 e. The van der Waals surface area contributed by atoms with Gasteiger partial charge in [0.1, 0.15) is 6.73 Å². The Labute approximate surface area is 162 Å². The fourth-order valence-corrected chi connectivity index (χ4v) is 1.32. The minimum absolute atomic E-state index is 0. The van der Waals surface area contributed by atoms with E-state index in [2.05, 4.69) is 38.2 Å². The summed E-state index contributed by atoms with van der Waals surface area (Å²) in [6, 6.07) is 11.2. The first-order valence-electron chi connectivity index (χ1n) is 5.29. The average molecular weight is 422 g/mol. The summed E-state index contributed by atoms with van der Waals surface area (Å²) in [7, 11) is 1.69. The minimum Gasteiger partial charge on any atom is 0 e.